The second kappa shape index (κ2) is 5.18. The van der Waals surface area contributed by atoms with E-state index in [2.05, 4.69) is 10.1 Å². The van der Waals surface area contributed by atoms with Crippen molar-refractivity contribution in [1.29, 1.82) is 0 Å². The van der Waals surface area contributed by atoms with Crippen LogP contribution in [0.1, 0.15) is 12.7 Å². The van der Waals surface area contributed by atoms with Crippen molar-refractivity contribution in [3.63, 3.8) is 0 Å². The van der Waals surface area contributed by atoms with Crippen molar-refractivity contribution in [3.05, 3.63) is 42.2 Å². The Bertz CT molecular complexity index is 524. The Hall–Kier alpha value is -1.56. The lowest BCUT2D eigenvalue weighted by Gasteiger charge is -2.03. The number of halogens is 1. The fourth-order valence-electron chi connectivity index (χ4n) is 1.45. The fraction of sp³-hybridized carbons (Fsp3) is 0.273. The van der Waals surface area contributed by atoms with E-state index in [0.717, 1.165) is 0 Å². The number of hydrogen-bond donors (Lipinski definition) is 0. The van der Waals surface area contributed by atoms with E-state index < -0.39 is 10.8 Å². The zero-order valence-corrected chi connectivity index (χ0v) is 10.2. The highest BCUT2D eigenvalue weighted by molar-refractivity contribution is 7.84. The van der Waals surface area contributed by atoms with Crippen molar-refractivity contribution in [2.24, 2.45) is 0 Å². The molecular formula is C11H12FN3OS. The summed E-state index contributed by atoms with van der Waals surface area (Å²) in [5, 5.41) is 4.01. The fourth-order valence-corrected chi connectivity index (χ4v) is 2.52. The van der Waals surface area contributed by atoms with Crippen LogP contribution in [0.2, 0.25) is 0 Å². The maximum Gasteiger partial charge on any atom is 0.139 e. The van der Waals surface area contributed by atoms with E-state index in [9.17, 15) is 8.60 Å². The molecule has 90 valence electrons. The average molecular weight is 253 g/mol. The molecule has 0 radical (unpaired) electrons. The van der Waals surface area contributed by atoms with Crippen LogP contribution >= 0.6 is 0 Å². The molecule has 1 atom stereocenters. The molecule has 0 fully saturated rings. The minimum absolute atomic E-state index is 0.291. The molecule has 0 bridgehead atoms. The predicted molar refractivity (Wildman–Crippen MR) is 62.2 cm³/mol. The summed E-state index contributed by atoms with van der Waals surface area (Å²) in [5.41, 5.74) is 0. The molecule has 2 aromatic rings. The normalized spacial score (nSPS) is 12.6. The molecule has 0 saturated heterocycles. The van der Waals surface area contributed by atoms with E-state index in [4.69, 9.17) is 0 Å². The van der Waals surface area contributed by atoms with Crippen LogP contribution in [0, 0.1) is 5.82 Å². The van der Waals surface area contributed by atoms with Crippen LogP contribution in [0.5, 0.6) is 0 Å². The Morgan fingerprint density at radius 2 is 2.06 bits per heavy atom. The summed E-state index contributed by atoms with van der Waals surface area (Å²) < 4.78 is 26.4. The van der Waals surface area contributed by atoms with Crippen LogP contribution in [-0.4, -0.2) is 19.0 Å². The highest BCUT2D eigenvalue weighted by Crippen LogP contribution is 2.11. The molecule has 0 spiro atoms. The van der Waals surface area contributed by atoms with Gasteiger partial charge in [-0.05, 0) is 31.2 Å². The summed E-state index contributed by atoms with van der Waals surface area (Å²) in [6, 6.07) is 5.66. The molecule has 0 saturated carbocycles. The monoisotopic (exact) mass is 253 g/mol. The van der Waals surface area contributed by atoms with Gasteiger partial charge in [0, 0.05) is 11.4 Å². The number of aromatic nitrogens is 3. The standard InChI is InChI=1S/C11H12FN3OS/c1-2-15-11(13-8-14-15)7-17(16)10-5-3-9(12)4-6-10/h3-6,8H,2,7H2,1H3. The predicted octanol–water partition coefficient (Wildman–Crippen LogP) is 1.74. The third-order valence-corrected chi connectivity index (χ3v) is 3.65. The number of hydrogen-bond acceptors (Lipinski definition) is 3. The third kappa shape index (κ3) is 2.76. The third-order valence-electron chi connectivity index (χ3n) is 2.33. The highest BCUT2D eigenvalue weighted by Gasteiger charge is 2.10. The van der Waals surface area contributed by atoms with Gasteiger partial charge < -0.3 is 0 Å². The molecule has 0 N–H and O–H groups in total. The van der Waals surface area contributed by atoms with Gasteiger partial charge in [0.1, 0.15) is 18.0 Å². The molecule has 1 aromatic heterocycles. The maximum absolute atomic E-state index is 12.7. The zero-order valence-electron chi connectivity index (χ0n) is 9.34. The molecule has 0 aliphatic carbocycles. The van der Waals surface area contributed by atoms with Crippen molar-refractivity contribution in [2.75, 3.05) is 0 Å². The van der Waals surface area contributed by atoms with Gasteiger partial charge >= 0.3 is 0 Å². The number of benzene rings is 1. The van der Waals surface area contributed by atoms with Crippen molar-refractivity contribution >= 4 is 10.8 Å². The van der Waals surface area contributed by atoms with Crippen LogP contribution in [-0.2, 0) is 23.1 Å². The lowest BCUT2D eigenvalue weighted by Crippen LogP contribution is -2.07. The Morgan fingerprint density at radius 1 is 1.35 bits per heavy atom. The highest BCUT2D eigenvalue weighted by atomic mass is 32.2. The van der Waals surface area contributed by atoms with E-state index >= 15 is 0 Å². The lowest BCUT2D eigenvalue weighted by molar-refractivity contribution is 0.624. The van der Waals surface area contributed by atoms with Gasteiger partial charge in [0.05, 0.1) is 16.6 Å². The molecule has 1 aromatic carbocycles. The Morgan fingerprint density at radius 3 is 2.71 bits per heavy atom. The van der Waals surface area contributed by atoms with Crippen molar-refractivity contribution in [3.8, 4) is 0 Å². The molecule has 0 aliphatic heterocycles. The first-order valence-electron chi connectivity index (χ1n) is 5.21. The number of rotatable bonds is 4. The second-order valence-electron chi connectivity index (χ2n) is 3.44. The molecule has 17 heavy (non-hydrogen) atoms. The Balaban J connectivity index is 2.14. The van der Waals surface area contributed by atoms with Gasteiger partial charge in [0.15, 0.2) is 0 Å². The first kappa shape index (κ1) is 11.9. The van der Waals surface area contributed by atoms with E-state index in [-0.39, 0.29) is 5.82 Å². The summed E-state index contributed by atoms with van der Waals surface area (Å²) in [4.78, 5) is 4.65. The summed E-state index contributed by atoms with van der Waals surface area (Å²) >= 11 is 0. The maximum atomic E-state index is 12.7. The first-order valence-corrected chi connectivity index (χ1v) is 6.53. The topological polar surface area (TPSA) is 47.8 Å². The molecule has 1 unspecified atom stereocenters. The van der Waals surface area contributed by atoms with Gasteiger partial charge in [-0.2, -0.15) is 5.10 Å². The minimum Gasteiger partial charge on any atom is -0.254 e. The van der Waals surface area contributed by atoms with Gasteiger partial charge in [-0.1, -0.05) is 0 Å². The van der Waals surface area contributed by atoms with Crippen LogP contribution in [0.3, 0.4) is 0 Å². The Kier molecular flexibility index (Phi) is 3.63. The largest absolute Gasteiger partial charge is 0.254 e. The summed E-state index contributed by atoms with van der Waals surface area (Å²) in [6.07, 6.45) is 1.45. The smallest absolute Gasteiger partial charge is 0.139 e. The summed E-state index contributed by atoms with van der Waals surface area (Å²) in [7, 11) is -1.22. The van der Waals surface area contributed by atoms with Gasteiger partial charge in [0.25, 0.3) is 0 Å². The molecular weight excluding hydrogens is 241 g/mol. The van der Waals surface area contributed by atoms with Gasteiger partial charge in [-0.15, -0.1) is 0 Å². The first-order chi connectivity index (χ1) is 8.20. The molecule has 0 aliphatic rings. The van der Waals surface area contributed by atoms with Crippen LogP contribution in [0.15, 0.2) is 35.5 Å². The van der Waals surface area contributed by atoms with Gasteiger partial charge in [-0.25, -0.2) is 14.1 Å². The van der Waals surface area contributed by atoms with Gasteiger partial charge in [0.2, 0.25) is 0 Å². The number of nitrogens with zero attached hydrogens (tertiary/aromatic N) is 3. The SMILES string of the molecule is CCn1ncnc1CS(=O)c1ccc(F)cc1. The molecule has 4 nitrogen and oxygen atoms in total. The summed E-state index contributed by atoms with van der Waals surface area (Å²) in [6.45, 7) is 2.63. The second-order valence-corrected chi connectivity index (χ2v) is 4.89. The zero-order chi connectivity index (χ0) is 12.3. The molecule has 1 heterocycles. The van der Waals surface area contributed by atoms with Crippen LogP contribution in [0.4, 0.5) is 4.39 Å². The Labute approximate surface area is 101 Å². The summed E-state index contributed by atoms with van der Waals surface area (Å²) in [5.74, 6) is 0.636. The quantitative estimate of drug-likeness (QED) is 0.834. The van der Waals surface area contributed by atoms with E-state index in [1.54, 1.807) is 4.68 Å². The molecule has 0 amide bonds. The van der Waals surface area contributed by atoms with Gasteiger partial charge in [-0.3, -0.25) is 4.21 Å². The van der Waals surface area contributed by atoms with Crippen LogP contribution in [0.25, 0.3) is 0 Å². The van der Waals surface area contributed by atoms with E-state index in [1.807, 2.05) is 6.92 Å². The molecule has 2 rings (SSSR count). The lowest BCUT2D eigenvalue weighted by atomic mass is 10.4. The molecule has 6 heteroatoms. The van der Waals surface area contributed by atoms with E-state index in [0.29, 0.717) is 23.0 Å². The van der Waals surface area contributed by atoms with Crippen LogP contribution < -0.4 is 0 Å². The average Bonchev–Trinajstić information content (AvgIpc) is 2.77. The van der Waals surface area contributed by atoms with Crippen molar-refractivity contribution in [1.82, 2.24) is 14.8 Å². The van der Waals surface area contributed by atoms with E-state index in [1.165, 1.54) is 30.6 Å². The number of aryl methyl sites for hydroxylation is 1. The van der Waals surface area contributed by atoms with Crippen molar-refractivity contribution in [2.45, 2.75) is 24.1 Å². The van der Waals surface area contributed by atoms with Crippen molar-refractivity contribution < 1.29 is 8.60 Å². The minimum atomic E-state index is -1.22.